The molecule has 2 rings (SSSR count). The van der Waals surface area contributed by atoms with E-state index in [1.54, 1.807) is 12.1 Å². The van der Waals surface area contributed by atoms with E-state index in [0.29, 0.717) is 17.1 Å². The number of nitrogens with zero attached hydrogens (tertiary/aromatic N) is 1. The molecular weight excluding hydrogens is 266 g/mol. The summed E-state index contributed by atoms with van der Waals surface area (Å²) in [5, 5.41) is 9.24. The molecule has 1 aromatic rings. The summed E-state index contributed by atoms with van der Waals surface area (Å²) in [6, 6.07) is 5.43. The number of hydrogen-bond donors (Lipinski definition) is 1. The Hall–Kier alpha value is -1.55. The molecule has 4 nitrogen and oxygen atoms in total. The van der Waals surface area contributed by atoms with Gasteiger partial charge in [0.1, 0.15) is 11.3 Å². The molecule has 0 radical (unpaired) electrons. The highest BCUT2D eigenvalue weighted by Gasteiger charge is 2.31. The van der Waals surface area contributed by atoms with Gasteiger partial charge in [-0.1, -0.05) is 26.8 Å². The van der Waals surface area contributed by atoms with Crippen molar-refractivity contribution in [3.05, 3.63) is 29.3 Å². The van der Waals surface area contributed by atoms with Gasteiger partial charge in [0.25, 0.3) is 0 Å². The van der Waals surface area contributed by atoms with E-state index in [-0.39, 0.29) is 5.56 Å². The maximum atomic E-state index is 11.3. The van der Waals surface area contributed by atoms with E-state index >= 15 is 0 Å². The molecule has 1 aliphatic rings. The summed E-state index contributed by atoms with van der Waals surface area (Å²) in [6.45, 7) is 9.83. The largest absolute Gasteiger partial charge is 0.496 e. The van der Waals surface area contributed by atoms with Crippen LogP contribution in [0.25, 0.3) is 0 Å². The predicted molar refractivity (Wildman–Crippen MR) is 82.8 cm³/mol. The minimum absolute atomic E-state index is 0.238. The molecule has 1 unspecified atom stereocenters. The van der Waals surface area contributed by atoms with Crippen molar-refractivity contribution in [2.75, 3.05) is 20.2 Å². The van der Waals surface area contributed by atoms with Crippen LogP contribution >= 0.6 is 0 Å². The zero-order chi connectivity index (χ0) is 15.6. The van der Waals surface area contributed by atoms with Gasteiger partial charge in [0.2, 0.25) is 0 Å². The Balaban J connectivity index is 2.08. The Labute approximate surface area is 126 Å². The standard InChI is InChI=1S/C17H25NO3/c1-17(2,3)13-7-8-18(11-13)10-12-5-6-15(21-4)14(9-12)16(19)20/h5-6,9,13H,7-8,10-11H2,1-4H3,(H,19,20). The van der Waals surface area contributed by atoms with Crippen molar-refractivity contribution < 1.29 is 14.6 Å². The maximum Gasteiger partial charge on any atom is 0.339 e. The second-order valence-electron chi connectivity index (χ2n) is 6.93. The number of hydrogen-bond acceptors (Lipinski definition) is 3. The molecule has 0 spiro atoms. The molecule has 1 aromatic carbocycles. The molecule has 0 saturated carbocycles. The normalized spacial score (nSPS) is 19.7. The van der Waals surface area contributed by atoms with Crippen molar-refractivity contribution in [3.8, 4) is 5.75 Å². The SMILES string of the molecule is COc1ccc(CN2CCC(C(C)(C)C)C2)cc1C(=O)O. The Kier molecular flexibility index (Phi) is 4.57. The van der Waals surface area contributed by atoms with Crippen molar-refractivity contribution in [2.45, 2.75) is 33.7 Å². The highest BCUT2D eigenvalue weighted by molar-refractivity contribution is 5.91. The lowest BCUT2D eigenvalue weighted by molar-refractivity contribution is 0.0693. The molecule has 0 aromatic heterocycles. The highest BCUT2D eigenvalue weighted by atomic mass is 16.5. The van der Waals surface area contributed by atoms with Crippen LogP contribution < -0.4 is 4.74 Å². The van der Waals surface area contributed by atoms with Crippen molar-refractivity contribution in [1.82, 2.24) is 4.90 Å². The molecule has 0 amide bonds. The summed E-state index contributed by atoms with van der Waals surface area (Å²) < 4.78 is 5.10. The maximum absolute atomic E-state index is 11.3. The van der Waals surface area contributed by atoms with Gasteiger partial charge >= 0.3 is 5.97 Å². The average Bonchev–Trinajstić information content (AvgIpc) is 2.87. The van der Waals surface area contributed by atoms with Gasteiger partial charge in [-0.05, 0) is 42.0 Å². The van der Waals surface area contributed by atoms with Crippen LogP contribution in [0.3, 0.4) is 0 Å². The molecule has 1 N–H and O–H groups in total. The minimum Gasteiger partial charge on any atom is -0.496 e. The number of ether oxygens (including phenoxy) is 1. The predicted octanol–water partition coefficient (Wildman–Crippen LogP) is 3.26. The summed E-state index contributed by atoms with van der Waals surface area (Å²) >= 11 is 0. The van der Waals surface area contributed by atoms with Crippen LogP contribution in [0.15, 0.2) is 18.2 Å². The van der Waals surface area contributed by atoms with Gasteiger partial charge in [-0.15, -0.1) is 0 Å². The summed E-state index contributed by atoms with van der Waals surface area (Å²) in [4.78, 5) is 13.7. The van der Waals surface area contributed by atoms with E-state index in [9.17, 15) is 9.90 Å². The first-order chi connectivity index (χ1) is 9.81. The van der Waals surface area contributed by atoms with Crippen LogP contribution in [-0.2, 0) is 6.54 Å². The molecule has 0 aliphatic carbocycles. The summed E-state index contributed by atoms with van der Waals surface area (Å²) in [6.07, 6.45) is 1.21. The van der Waals surface area contributed by atoms with Gasteiger partial charge in [0.05, 0.1) is 7.11 Å². The molecule has 21 heavy (non-hydrogen) atoms. The van der Waals surface area contributed by atoms with E-state index in [1.165, 1.54) is 13.5 Å². The first kappa shape index (κ1) is 15.8. The van der Waals surface area contributed by atoms with E-state index < -0.39 is 5.97 Å². The fourth-order valence-corrected chi connectivity index (χ4v) is 2.96. The molecule has 0 bridgehead atoms. The fraction of sp³-hybridized carbons (Fsp3) is 0.588. The third-order valence-electron chi connectivity index (χ3n) is 4.40. The van der Waals surface area contributed by atoms with E-state index in [1.807, 2.05) is 6.07 Å². The zero-order valence-corrected chi connectivity index (χ0v) is 13.3. The number of carbonyl (C=O) groups is 1. The molecule has 1 fully saturated rings. The lowest BCUT2D eigenvalue weighted by atomic mass is 9.80. The van der Waals surface area contributed by atoms with E-state index in [2.05, 4.69) is 25.7 Å². The second kappa shape index (κ2) is 6.06. The number of benzene rings is 1. The third-order valence-corrected chi connectivity index (χ3v) is 4.40. The van der Waals surface area contributed by atoms with Gasteiger partial charge in [-0.25, -0.2) is 4.79 Å². The zero-order valence-electron chi connectivity index (χ0n) is 13.3. The monoisotopic (exact) mass is 291 g/mol. The summed E-state index contributed by atoms with van der Waals surface area (Å²) in [5.41, 5.74) is 1.60. The Morgan fingerprint density at radius 3 is 2.67 bits per heavy atom. The average molecular weight is 291 g/mol. The lowest BCUT2D eigenvalue weighted by Crippen LogP contribution is -2.25. The summed E-state index contributed by atoms with van der Waals surface area (Å²) in [5.74, 6) is 0.178. The van der Waals surface area contributed by atoms with Gasteiger partial charge < -0.3 is 9.84 Å². The molecule has 1 heterocycles. The quantitative estimate of drug-likeness (QED) is 0.925. The Bertz CT molecular complexity index is 519. The van der Waals surface area contributed by atoms with Gasteiger partial charge in [-0.3, -0.25) is 4.90 Å². The number of methoxy groups -OCH3 is 1. The number of aromatic carboxylic acids is 1. The van der Waals surface area contributed by atoms with Crippen molar-refractivity contribution >= 4 is 5.97 Å². The van der Waals surface area contributed by atoms with Gasteiger partial charge in [-0.2, -0.15) is 0 Å². The topological polar surface area (TPSA) is 49.8 Å². The molecular formula is C17H25NO3. The first-order valence-corrected chi connectivity index (χ1v) is 7.44. The van der Waals surface area contributed by atoms with Crippen LogP contribution in [0.1, 0.15) is 43.1 Å². The number of likely N-dealkylation sites (tertiary alicyclic amines) is 1. The van der Waals surface area contributed by atoms with Crippen molar-refractivity contribution in [2.24, 2.45) is 11.3 Å². The smallest absolute Gasteiger partial charge is 0.339 e. The van der Waals surface area contributed by atoms with Crippen LogP contribution in [0.4, 0.5) is 0 Å². The molecule has 1 atom stereocenters. The van der Waals surface area contributed by atoms with Crippen molar-refractivity contribution in [3.63, 3.8) is 0 Å². The van der Waals surface area contributed by atoms with Crippen molar-refractivity contribution in [1.29, 1.82) is 0 Å². The van der Waals surface area contributed by atoms with Crippen LogP contribution in [0.5, 0.6) is 5.75 Å². The van der Waals surface area contributed by atoms with Crippen LogP contribution in [0.2, 0.25) is 0 Å². The second-order valence-corrected chi connectivity index (χ2v) is 6.93. The first-order valence-electron chi connectivity index (χ1n) is 7.44. The van der Waals surface area contributed by atoms with Gasteiger partial charge in [0.15, 0.2) is 0 Å². The Morgan fingerprint density at radius 1 is 1.43 bits per heavy atom. The molecule has 116 valence electrons. The number of rotatable bonds is 4. The number of carboxylic acids is 1. The Morgan fingerprint density at radius 2 is 2.14 bits per heavy atom. The van der Waals surface area contributed by atoms with Crippen LogP contribution in [-0.4, -0.2) is 36.2 Å². The number of carboxylic acid groups (broad SMARTS) is 1. The highest BCUT2D eigenvalue weighted by Crippen LogP contribution is 2.34. The lowest BCUT2D eigenvalue weighted by Gasteiger charge is -2.27. The van der Waals surface area contributed by atoms with Gasteiger partial charge in [0, 0.05) is 13.1 Å². The summed E-state index contributed by atoms with van der Waals surface area (Å²) in [7, 11) is 1.50. The fourth-order valence-electron chi connectivity index (χ4n) is 2.96. The third kappa shape index (κ3) is 3.76. The molecule has 4 heteroatoms. The van der Waals surface area contributed by atoms with E-state index in [4.69, 9.17) is 4.74 Å². The molecule has 1 aliphatic heterocycles. The molecule has 1 saturated heterocycles. The minimum atomic E-state index is -0.942. The van der Waals surface area contributed by atoms with E-state index in [0.717, 1.165) is 25.2 Å². The van der Waals surface area contributed by atoms with Crippen LogP contribution in [0, 0.1) is 11.3 Å².